The van der Waals surface area contributed by atoms with Crippen LogP contribution in [0, 0.1) is 0 Å². The molecule has 0 saturated heterocycles. The average molecular weight is 541 g/mol. The van der Waals surface area contributed by atoms with Gasteiger partial charge in [0, 0.05) is 11.5 Å². The minimum atomic E-state index is -0.299. The molecule has 1 aliphatic rings. The highest BCUT2D eigenvalue weighted by atomic mass is 32.2. The number of unbranched alkanes of at least 4 members (excludes halogenated alkanes) is 5. The first kappa shape index (κ1) is 38.4. The van der Waals surface area contributed by atoms with Crippen LogP contribution in [0.5, 0.6) is 0 Å². The van der Waals surface area contributed by atoms with Gasteiger partial charge >= 0.3 is 5.97 Å². The Morgan fingerprint density at radius 1 is 0.778 bits per heavy atom. The van der Waals surface area contributed by atoms with Gasteiger partial charge in [0.05, 0.1) is 23.7 Å². The van der Waals surface area contributed by atoms with Crippen LogP contribution < -0.4 is 0 Å². The van der Waals surface area contributed by atoms with E-state index in [9.17, 15) is 4.79 Å². The first-order chi connectivity index (χ1) is 15.3. The van der Waals surface area contributed by atoms with E-state index in [0.29, 0.717) is 17.6 Å². The maximum atomic E-state index is 12.3. The lowest BCUT2D eigenvalue weighted by molar-refractivity contribution is 0.0226. The van der Waals surface area contributed by atoms with Crippen molar-refractivity contribution in [3.05, 3.63) is 65.7 Å². The van der Waals surface area contributed by atoms with Crippen LogP contribution in [0.15, 0.2) is 59.5 Å². The zero-order valence-corrected chi connectivity index (χ0v) is 21.6. The predicted molar refractivity (Wildman–Crippen MR) is 141 cm³/mol. The van der Waals surface area contributed by atoms with E-state index < -0.39 is 0 Å². The number of hydrogen-bond donors (Lipinski definition) is 0. The molecule has 0 N–H and O–H groups in total. The molecule has 0 heterocycles. The van der Waals surface area contributed by atoms with Gasteiger partial charge in [0.1, 0.15) is 0 Å². The summed E-state index contributed by atoms with van der Waals surface area (Å²) in [6, 6.07) is 17.6. The van der Waals surface area contributed by atoms with E-state index in [1.165, 1.54) is 44.1 Å². The molecule has 0 bridgehead atoms. The summed E-state index contributed by atoms with van der Waals surface area (Å²) in [6.07, 6.45) is 12.9. The number of hydrogen-bond acceptors (Lipinski definition) is 4. The Morgan fingerprint density at radius 2 is 1.36 bits per heavy atom. The summed E-state index contributed by atoms with van der Waals surface area (Å²) >= 11 is 1.11. The van der Waals surface area contributed by atoms with Gasteiger partial charge in [0.25, 0.3) is 0 Å². The maximum absolute atomic E-state index is 12.3. The fourth-order valence-electron chi connectivity index (χ4n) is 4.20. The molecule has 1 saturated carbocycles. The van der Waals surface area contributed by atoms with E-state index in [4.69, 9.17) is 8.92 Å². The van der Waals surface area contributed by atoms with Crippen LogP contribution in [0.1, 0.15) is 93.0 Å². The third-order valence-corrected chi connectivity index (χ3v) is 6.80. The molecule has 0 unspecified atom stereocenters. The van der Waals surface area contributed by atoms with Crippen LogP contribution in [-0.4, -0.2) is 18.7 Å². The Bertz CT molecular complexity index is 773. The predicted octanol–water partition coefficient (Wildman–Crippen LogP) is 8.72. The topological polar surface area (TPSA) is 35.5 Å². The zero-order chi connectivity index (χ0) is 21.7. The molecule has 2 aromatic carbocycles. The standard InChI is InChI=1S/C27H36O3S.5FH/c1-2-3-4-5-6-10-21-29-25-19-17-23(18-20-25)22-13-15-24(16-14-22)27(28)30-31-26-11-8-7-9-12-26;;;;;/h7-9,11-16,23,25H,2-6,10,17-21H2,1H3;5*1H. The van der Waals surface area contributed by atoms with Crippen molar-refractivity contribution in [1.29, 1.82) is 0 Å². The van der Waals surface area contributed by atoms with Gasteiger partial charge in [-0.15, -0.1) is 0 Å². The summed E-state index contributed by atoms with van der Waals surface area (Å²) in [5.74, 6) is 0.268. The molecule has 0 atom stereocenters. The third-order valence-electron chi connectivity index (χ3n) is 6.10. The second-order valence-corrected chi connectivity index (χ2v) is 9.31. The van der Waals surface area contributed by atoms with Crippen molar-refractivity contribution in [2.45, 2.75) is 88.0 Å². The summed E-state index contributed by atoms with van der Waals surface area (Å²) in [5.41, 5.74) is 1.92. The van der Waals surface area contributed by atoms with Crippen molar-refractivity contribution in [1.82, 2.24) is 0 Å². The number of carbonyl (C=O) groups excluding carboxylic acids is 1. The van der Waals surface area contributed by atoms with Crippen LogP contribution in [0.4, 0.5) is 23.5 Å². The number of carbonyl (C=O) groups is 1. The van der Waals surface area contributed by atoms with Gasteiger partial charge in [-0.2, -0.15) is 0 Å². The van der Waals surface area contributed by atoms with E-state index in [-0.39, 0.29) is 29.5 Å². The lowest BCUT2D eigenvalue weighted by Crippen LogP contribution is -2.21. The van der Waals surface area contributed by atoms with Crippen molar-refractivity contribution in [3.63, 3.8) is 0 Å². The summed E-state index contributed by atoms with van der Waals surface area (Å²) in [7, 11) is 0. The van der Waals surface area contributed by atoms with E-state index in [0.717, 1.165) is 49.2 Å². The minimum Gasteiger partial charge on any atom is -0.382 e. The number of rotatable bonds is 12. The van der Waals surface area contributed by atoms with Crippen molar-refractivity contribution in [2.24, 2.45) is 0 Å². The second kappa shape index (κ2) is 22.1. The van der Waals surface area contributed by atoms with Gasteiger partial charge in [-0.3, -0.25) is 23.5 Å². The Kier molecular flexibility index (Phi) is 23.6. The first-order valence-electron chi connectivity index (χ1n) is 11.9. The van der Waals surface area contributed by atoms with E-state index in [1.807, 2.05) is 42.5 Å². The number of halogens is 5. The van der Waals surface area contributed by atoms with E-state index in [2.05, 4.69) is 19.1 Å². The van der Waals surface area contributed by atoms with Gasteiger partial charge in [-0.25, -0.2) is 4.79 Å². The van der Waals surface area contributed by atoms with Crippen LogP contribution in [-0.2, 0) is 8.92 Å². The smallest absolute Gasteiger partial charge is 0.350 e. The molecular formula is C27H41F5O3S. The highest BCUT2D eigenvalue weighted by Crippen LogP contribution is 2.34. The normalized spacial score (nSPS) is 16.0. The highest BCUT2D eigenvalue weighted by Gasteiger charge is 2.23. The van der Waals surface area contributed by atoms with Crippen LogP contribution in [0.3, 0.4) is 0 Å². The molecule has 1 aliphatic carbocycles. The van der Waals surface area contributed by atoms with Crippen LogP contribution in [0.25, 0.3) is 0 Å². The van der Waals surface area contributed by atoms with Gasteiger partial charge in [0.2, 0.25) is 0 Å². The van der Waals surface area contributed by atoms with Crippen LogP contribution in [0.2, 0.25) is 0 Å². The Labute approximate surface area is 215 Å². The second-order valence-electron chi connectivity index (χ2n) is 8.50. The monoisotopic (exact) mass is 540 g/mol. The number of ether oxygens (including phenoxy) is 1. The first-order valence-corrected chi connectivity index (χ1v) is 12.7. The summed E-state index contributed by atoms with van der Waals surface area (Å²) in [5, 5.41) is 0. The van der Waals surface area contributed by atoms with Gasteiger partial charge in [-0.1, -0.05) is 69.4 Å². The molecule has 3 rings (SSSR count). The molecule has 2 aromatic rings. The largest absolute Gasteiger partial charge is 0.382 e. The summed E-state index contributed by atoms with van der Waals surface area (Å²) in [6.45, 7) is 3.17. The third kappa shape index (κ3) is 13.3. The molecule has 1 fully saturated rings. The molecule has 0 aromatic heterocycles. The molecule has 0 aliphatic heterocycles. The van der Waals surface area contributed by atoms with Crippen LogP contribution >= 0.6 is 12.0 Å². The molecule has 0 spiro atoms. The fraction of sp³-hybridized carbons (Fsp3) is 0.519. The average Bonchev–Trinajstić information content (AvgIpc) is 2.83. The SMILES string of the molecule is CCCCCCCCOC1CCC(c2ccc(C(=O)OSc3ccccc3)cc2)CC1.F.F.F.F.F. The Hall–Kier alpha value is -2.13. The Morgan fingerprint density at radius 3 is 1.97 bits per heavy atom. The summed E-state index contributed by atoms with van der Waals surface area (Å²) in [4.78, 5) is 13.2. The van der Waals surface area contributed by atoms with Crippen molar-refractivity contribution >= 4 is 18.0 Å². The molecule has 9 heteroatoms. The molecule has 3 nitrogen and oxygen atoms in total. The minimum absolute atomic E-state index is 0. The van der Waals surface area contributed by atoms with Gasteiger partial charge < -0.3 is 8.92 Å². The van der Waals surface area contributed by atoms with Gasteiger partial charge in [0.15, 0.2) is 0 Å². The summed E-state index contributed by atoms with van der Waals surface area (Å²) < 4.78 is 11.5. The lowest BCUT2D eigenvalue weighted by Gasteiger charge is -2.29. The molecule has 0 radical (unpaired) electrons. The molecule has 208 valence electrons. The number of benzene rings is 2. The quantitative estimate of drug-likeness (QED) is 0.153. The van der Waals surface area contributed by atoms with Crippen molar-refractivity contribution in [3.8, 4) is 0 Å². The molecular weight excluding hydrogens is 499 g/mol. The maximum Gasteiger partial charge on any atom is 0.350 e. The van der Waals surface area contributed by atoms with E-state index in [1.54, 1.807) is 0 Å². The highest BCUT2D eigenvalue weighted by molar-refractivity contribution is 7.95. The van der Waals surface area contributed by atoms with Crippen molar-refractivity contribution < 1.29 is 37.2 Å². The lowest BCUT2D eigenvalue weighted by atomic mass is 9.82. The van der Waals surface area contributed by atoms with Crippen molar-refractivity contribution in [2.75, 3.05) is 6.61 Å². The Balaban J connectivity index is -0.00000218. The zero-order valence-electron chi connectivity index (χ0n) is 20.8. The van der Waals surface area contributed by atoms with Gasteiger partial charge in [-0.05, 0) is 67.9 Å². The van der Waals surface area contributed by atoms with E-state index >= 15 is 0 Å². The molecule has 0 amide bonds. The fourth-order valence-corrected chi connectivity index (χ4v) is 4.73. The molecule has 36 heavy (non-hydrogen) atoms.